The van der Waals surface area contributed by atoms with Gasteiger partial charge in [0.25, 0.3) is 0 Å². The molecule has 0 amide bonds. The number of rotatable bonds is 1. The Bertz CT molecular complexity index is 618. The molecule has 0 aliphatic carbocycles. The van der Waals surface area contributed by atoms with Crippen LogP contribution in [0.2, 0.25) is 0 Å². The first-order valence-electron chi connectivity index (χ1n) is 5.19. The summed E-state index contributed by atoms with van der Waals surface area (Å²) in [4.78, 5) is 8.24. The molecule has 2 heteroatoms. The average molecular weight is 206 g/mol. The summed E-state index contributed by atoms with van der Waals surface area (Å²) < 4.78 is 0. The van der Waals surface area contributed by atoms with Gasteiger partial charge in [-0.1, -0.05) is 36.4 Å². The molecular formula is C14H10N2. The first kappa shape index (κ1) is 9.04. The maximum atomic E-state index is 4.20. The Balaban J connectivity index is 2.19. The summed E-state index contributed by atoms with van der Waals surface area (Å²) in [6, 6.07) is 16.5. The van der Waals surface area contributed by atoms with Crippen molar-refractivity contribution >= 4 is 10.9 Å². The second-order valence-electron chi connectivity index (χ2n) is 3.66. The van der Waals surface area contributed by atoms with E-state index in [0.717, 1.165) is 10.9 Å². The van der Waals surface area contributed by atoms with Gasteiger partial charge in [0.1, 0.15) is 6.33 Å². The Labute approximate surface area is 93.6 Å². The van der Waals surface area contributed by atoms with E-state index in [1.165, 1.54) is 11.1 Å². The Hall–Kier alpha value is -2.22. The SMILES string of the molecule is c1ccc(-c2ccc3ncncc3c2)cc1. The molecule has 0 saturated carbocycles. The lowest BCUT2D eigenvalue weighted by molar-refractivity contribution is 1.22. The van der Waals surface area contributed by atoms with Crippen LogP contribution in [0.25, 0.3) is 22.0 Å². The van der Waals surface area contributed by atoms with E-state index in [9.17, 15) is 0 Å². The van der Waals surface area contributed by atoms with Crippen LogP contribution in [0, 0.1) is 0 Å². The number of nitrogens with zero attached hydrogens (tertiary/aromatic N) is 2. The quantitative estimate of drug-likeness (QED) is 0.610. The number of aromatic nitrogens is 2. The van der Waals surface area contributed by atoms with Crippen LogP contribution < -0.4 is 0 Å². The number of hydrogen-bond acceptors (Lipinski definition) is 2. The summed E-state index contributed by atoms with van der Waals surface area (Å²) in [5, 5.41) is 1.07. The molecule has 2 nitrogen and oxygen atoms in total. The van der Waals surface area contributed by atoms with E-state index in [2.05, 4.69) is 34.2 Å². The van der Waals surface area contributed by atoms with Crippen LogP contribution in [0.3, 0.4) is 0 Å². The molecule has 16 heavy (non-hydrogen) atoms. The summed E-state index contributed by atoms with van der Waals surface area (Å²) in [5.41, 5.74) is 3.39. The van der Waals surface area contributed by atoms with E-state index in [4.69, 9.17) is 0 Å². The van der Waals surface area contributed by atoms with Crippen LogP contribution in [-0.2, 0) is 0 Å². The minimum Gasteiger partial charge on any atom is -0.244 e. The second-order valence-corrected chi connectivity index (χ2v) is 3.66. The lowest BCUT2D eigenvalue weighted by atomic mass is 10.0. The predicted octanol–water partition coefficient (Wildman–Crippen LogP) is 3.30. The van der Waals surface area contributed by atoms with E-state index in [1.807, 2.05) is 30.5 Å². The summed E-state index contributed by atoms with van der Waals surface area (Å²) in [6.45, 7) is 0. The van der Waals surface area contributed by atoms with Crippen LogP contribution in [-0.4, -0.2) is 9.97 Å². The molecule has 0 aliphatic rings. The fraction of sp³-hybridized carbons (Fsp3) is 0. The summed E-state index contributed by atoms with van der Waals surface area (Å²) in [7, 11) is 0. The Kier molecular flexibility index (Phi) is 2.11. The molecule has 3 rings (SSSR count). The van der Waals surface area contributed by atoms with Crippen LogP contribution in [0.4, 0.5) is 0 Å². The van der Waals surface area contributed by atoms with Crippen LogP contribution >= 0.6 is 0 Å². The highest BCUT2D eigenvalue weighted by Gasteiger charge is 1.99. The van der Waals surface area contributed by atoms with Gasteiger partial charge in [-0.15, -0.1) is 0 Å². The Morgan fingerprint density at radius 1 is 0.812 bits per heavy atom. The minimum absolute atomic E-state index is 0.981. The minimum atomic E-state index is 0.981. The number of benzene rings is 2. The zero-order chi connectivity index (χ0) is 10.8. The van der Waals surface area contributed by atoms with Crippen molar-refractivity contribution in [2.45, 2.75) is 0 Å². The van der Waals surface area contributed by atoms with Crippen molar-refractivity contribution in [3.8, 4) is 11.1 Å². The molecule has 0 fully saturated rings. The molecule has 3 aromatic rings. The highest BCUT2D eigenvalue weighted by atomic mass is 14.8. The molecule has 0 unspecified atom stereocenters. The Morgan fingerprint density at radius 3 is 2.56 bits per heavy atom. The van der Waals surface area contributed by atoms with E-state index < -0.39 is 0 Å². The van der Waals surface area contributed by atoms with Gasteiger partial charge in [-0.3, -0.25) is 0 Å². The third-order valence-corrected chi connectivity index (χ3v) is 2.61. The van der Waals surface area contributed by atoms with Gasteiger partial charge in [0.2, 0.25) is 0 Å². The largest absolute Gasteiger partial charge is 0.244 e. The normalized spacial score (nSPS) is 10.5. The molecule has 1 aromatic heterocycles. The van der Waals surface area contributed by atoms with Crippen molar-refractivity contribution in [2.24, 2.45) is 0 Å². The monoisotopic (exact) mass is 206 g/mol. The average Bonchev–Trinajstić information content (AvgIpc) is 2.39. The van der Waals surface area contributed by atoms with E-state index in [1.54, 1.807) is 6.33 Å². The molecule has 0 aliphatic heterocycles. The van der Waals surface area contributed by atoms with Gasteiger partial charge >= 0.3 is 0 Å². The molecule has 2 aromatic carbocycles. The third kappa shape index (κ3) is 1.54. The van der Waals surface area contributed by atoms with Crippen LogP contribution in [0.5, 0.6) is 0 Å². The fourth-order valence-electron chi connectivity index (χ4n) is 1.79. The smallest absolute Gasteiger partial charge is 0.116 e. The zero-order valence-corrected chi connectivity index (χ0v) is 8.67. The van der Waals surface area contributed by atoms with E-state index >= 15 is 0 Å². The molecule has 0 N–H and O–H groups in total. The van der Waals surface area contributed by atoms with Crippen molar-refractivity contribution in [1.82, 2.24) is 9.97 Å². The highest BCUT2D eigenvalue weighted by molar-refractivity contribution is 5.83. The van der Waals surface area contributed by atoms with E-state index in [-0.39, 0.29) is 0 Å². The predicted molar refractivity (Wildman–Crippen MR) is 65.0 cm³/mol. The molecule has 0 saturated heterocycles. The first-order chi connectivity index (χ1) is 7.93. The van der Waals surface area contributed by atoms with Crippen molar-refractivity contribution in [3.63, 3.8) is 0 Å². The molecule has 0 bridgehead atoms. The summed E-state index contributed by atoms with van der Waals surface area (Å²) in [6.07, 6.45) is 3.42. The van der Waals surface area contributed by atoms with Gasteiger partial charge in [-0.2, -0.15) is 0 Å². The summed E-state index contributed by atoms with van der Waals surface area (Å²) in [5.74, 6) is 0. The van der Waals surface area contributed by atoms with Gasteiger partial charge in [0, 0.05) is 11.6 Å². The van der Waals surface area contributed by atoms with Crippen LogP contribution in [0.15, 0.2) is 61.1 Å². The van der Waals surface area contributed by atoms with E-state index in [0.29, 0.717) is 0 Å². The van der Waals surface area contributed by atoms with Gasteiger partial charge in [0.05, 0.1) is 5.52 Å². The fourth-order valence-corrected chi connectivity index (χ4v) is 1.79. The molecule has 0 atom stereocenters. The summed E-state index contributed by atoms with van der Waals surface area (Å²) >= 11 is 0. The molecule has 0 radical (unpaired) electrons. The van der Waals surface area contributed by atoms with Gasteiger partial charge in [-0.05, 0) is 23.3 Å². The van der Waals surface area contributed by atoms with Crippen LogP contribution in [0.1, 0.15) is 0 Å². The van der Waals surface area contributed by atoms with Crippen molar-refractivity contribution in [2.75, 3.05) is 0 Å². The lowest BCUT2D eigenvalue weighted by Gasteiger charge is -2.02. The van der Waals surface area contributed by atoms with Gasteiger partial charge in [-0.25, -0.2) is 9.97 Å². The standard InChI is InChI=1S/C14H10N2/c1-2-4-11(5-3-1)12-6-7-14-13(8-12)9-15-10-16-14/h1-10H. The molecule has 0 spiro atoms. The highest BCUT2D eigenvalue weighted by Crippen LogP contribution is 2.22. The van der Waals surface area contributed by atoms with Gasteiger partial charge < -0.3 is 0 Å². The first-order valence-corrected chi connectivity index (χ1v) is 5.19. The second kappa shape index (κ2) is 3.74. The Morgan fingerprint density at radius 2 is 1.69 bits per heavy atom. The topological polar surface area (TPSA) is 25.8 Å². The molecular weight excluding hydrogens is 196 g/mol. The van der Waals surface area contributed by atoms with Gasteiger partial charge in [0.15, 0.2) is 0 Å². The lowest BCUT2D eigenvalue weighted by Crippen LogP contribution is -1.82. The number of fused-ring (bicyclic) bond motifs is 1. The molecule has 1 heterocycles. The maximum Gasteiger partial charge on any atom is 0.116 e. The van der Waals surface area contributed by atoms with Crippen molar-refractivity contribution in [3.05, 3.63) is 61.1 Å². The maximum absolute atomic E-state index is 4.20. The van der Waals surface area contributed by atoms with Crippen molar-refractivity contribution in [1.29, 1.82) is 0 Å². The zero-order valence-electron chi connectivity index (χ0n) is 8.67. The number of hydrogen-bond donors (Lipinski definition) is 0. The third-order valence-electron chi connectivity index (χ3n) is 2.61. The molecule has 76 valence electrons. The van der Waals surface area contributed by atoms with Crippen molar-refractivity contribution < 1.29 is 0 Å².